The Morgan fingerprint density at radius 2 is 0.696 bits per heavy atom. The van der Waals surface area contributed by atoms with Gasteiger partial charge in [0.2, 0.25) is 11.5 Å². The molecule has 0 amide bonds. The van der Waals surface area contributed by atoms with Crippen molar-refractivity contribution in [1.82, 2.24) is 0 Å². The van der Waals surface area contributed by atoms with Crippen LogP contribution >= 0.6 is 68.9 Å². The number of ketones is 2. The van der Waals surface area contributed by atoms with Gasteiger partial charge in [-0.25, -0.2) is 8.85 Å². The van der Waals surface area contributed by atoms with Crippen LogP contribution in [0, 0.1) is 13.8 Å². The van der Waals surface area contributed by atoms with E-state index in [-0.39, 0.29) is 10.5 Å². The first-order valence-electron chi connectivity index (χ1n) is 18.3. The standard InChI is InChI=1S/C38H32O12S6/c1-15-17-19(41-5-3-39-17)29(51-15)31-21-23(45-9-7-43-21)33(53-31)35-25-27(49-13-11-47-25)37(55-35)38-28-26(48-12-14-50-28)36(56-38)34-24-22(44-8-10-46-24)32(54-34)30-20-18(16(2)52-30)40-4-6-42-20/h37-38H,3-14H2,1-2H3/q+2. The highest BCUT2D eigenvalue weighted by Crippen LogP contribution is 2.64. The Morgan fingerprint density at radius 3 is 1.09 bits per heavy atom. The molecule has 290 valence electrons. The number of carbonyl (C=O) groups excluding carboxylic acids is 2. The summed E-state index contributed by atoms with van der Waals surface area (Å²) in [5, 5.41) is -0.364. The maximum absolute atomic E-state index is 6.52. The molecule has 12 rings (SSSR count). The molecule has 0 spiro atoms. The topological polar surface area (TPSA) is 115 Å². The highest BCUT2D eigenvalue weighted by Gasteiger charge is 2.59. The van der Waals surface area contributed by atoms with E-state index < -0.39 is 0 Å². The lowest BCUT2D eigenvalue weighted by atomic mass is 10.1. The first-order chi connectivity index (χ1) is 27.6. The zero-order valence-corrected chi connectivity index (χ0v) is 34.9. The predicted molar refractivity (Wildman–Crippen MR) is 217 cm³/mol. The van der Waals surface area contributed by atoms with Gasteiger partial charge in [-0.3, -0.25) is 0 Å². The number of thiophene rings is 4. The van der Waals surface area contributed by atoms with Gasteiger partial charge < -0.3 is 47.4 Å². The van der Waals surface area contributed by atoms with E-state index >= 15 is 0 Å². The zero-order valence-electron chi connectivity index (χ0n) is 30.0. The number of thioether (sulfide) groups is 2. The van der Waals surface area contributed by atoms with Crippen LogP contribution in [-0.2, 0) is 18.3 Å². The average Bonchev–Trinajstić information content (AvgIpc) is 4.10. The number of allylic oxidation sites excluding steroid dienone is 2. The molecule has 0 N–H and O–H groups in total. The van der Waals surface area contributed by atoms with E-state index in [4.69, 9.17) is 56.2 Å². The van der Waals surface area contributed by atoms with Crippen LogP contribution in [0.15, 0.2) is 11.5 Å². The quantitative estimate of drug-likeness (QED) is 0.185. The summed E-state index contributed by atoms with van der Waals surface area (Å²) in [6, 6.07) is 0. The molecular formula is C38H32O12S6+2. The van der Waals surface area contributed by atoms with E-state index in [0.717, 1.165) is 118 Å². The third kappa shape index (κ3) is 5.14. The monoisotopic (exact) mass is 872 g/mol. The minimum Gasteiger partial charge on any atom is -0.485 e. The molecule has 8 aliphatic rings. The highest BCUT2D eigenvalue weighted by atomic mass is 32.2. The van der Waals surface area contributed by atoms with Crippen LogP contribution in [0.2, 0.25) is 0 Å². The lowest BCUT2D eigenvalue weighted by molar-refractivity contribution is -0.471. The number of aryl methyl sites for hydroxylation is 2. The highest BCUT2D eigenvalue weighted by molar-refractivity contribution is 8.14. The molecular weight excluding hydrogens is 841 g/mol. The summed E-state index contributed by atoms with van der Waals surface area (Å²) in [7, 11) is 0. The van der Waals surface area contributed by atoms with Gasteiger partial charge >= 0.3 is 11.6 Å². The van der Waals surface area contributed by atoms with Crippen LogP contribution in [0.4, 0.5) is 0 Å². The molecule has 4 aromatic heterocycles. The largest absolute Gasteiger partial charge is 0.485 e. The second-order valence-corrected chi connectivity index (χ2v) is 20.2. The Labute approximate surface area is 344 Å². The molecule has 4 aromatic rings. The van der Waals surface area contributed by atoms with Crippen LogP contribution < -0.4 is 37.9 Å². The summed E-state index contributed by atoms with van der Waals surface area (Å²) < 4.78 is 75.9. The first kappa shape index (κ1) is 34.4. The van der Waals surface area contributed by atoms with Gasteiger partial charge in [-0.05, 0) is 13.8 Å². The Morgan fingerprint density at radius 1 is 0.375 bits per heavy atom. The fraction of sp³-hybridized carbons (Fsp3) is 0.421. The van der Waals surface area contributed by atoms with Gasteiger partial charge in [-0.1, -0.05) is 0 Å². The van der Waals surface area contributed by atoms with Crippen LogP contribution in [0.25, 0.3) is 29.3 Å². The number of rotatable bonds is 5. The van der Waals surface area contributed by atoms with Gasteiger partial charge in [0.15, 0.2) is 69.7 Å². The van der Waals surface area contributed by atoms with Crippen molar-refractivity contribution in [3.63, 3.8) is 0 Å². The van der Waals surface area contributed by atoms with Crippen molar-refractivity contribution >= 4 is 90.2 Å². The molecule has 0 bridgehead atoms. The minimum atomic E-state index is -0.182. The molecule has 0 fully saturated rings. The third-order valence-corrected chi connectivity index (χ3v) is 18.0. The van der Waals surface area contributed by atoms with E-state index in [1.54, 1.807) is 68.9 Å². The smallest absolute Gasteiger partial charge is 0.377 e. The lowest BCUT2D eigenvalue weighted by Crippen LogP contribution is -2.37. The van der Waals surface area contributed by atoms with Crippen molar-refractivity contribution in [2.24, 2.45) is 0 Å². The molecule has 12 nitrogen and oxygen atoms in total. The van der Waals surface area contributed by atoms with Crippen LogP contribution in [0.1, 0.15) is 19.5 Å². The van der Waals surface area contributed by atoms with Crippen LogP contribution in [0.5, 0.6) is 46.0 Å². The average molecular weight is 873 g/mol. The molecule has 56 heavy (non-hydrogen) atoms. The number of fused-ring (bicyclic) bond motifs is 6. The second kappa shape index (κ2) is 13.4. The molecule has 0 saturated heterocycles. The summed E-state index contributed by atoms with van der Waals surface area (Å²) in [6.45, 7) is 9.81. The first-order valence-corrected chi connectivity index (χ1v) is 23.4. The van der Waals surface area contributed by atoms with Crippen molar-refractivity contribution in [3.05, 3.63) is 31.0 Å². The van der Waals surface area contributed by atoms with Crippen molar-refractivity contribution in [3.8, 4) is 65.5 Å². The van der Waals surface area contributed by atoms with Gasteiger partial charge in [0.1, 0.15) is 52.9 Å². The minimum absolute atomic E-state index is 0.182. The Hall–Kier alpha value is -3.68. The van der Waals surface area contributed by atoms with Gasteiger partial charge in [-0.15, -0.1) is 68.9 Å². The summed E-state index contributed by atoms with van der Waals surface area (Å²) in [5.41, 5.74) is 0. The number of hydrogen-bond acceptors (Lipinski definition) is 16. The zero-order chi connectivity index (χ0) is 37.1. The van der Waals surface area contributed by atoms with Crippen LogP contribution in [-0.4, -0.2) is 101 Å². The lowest BCUT2D eigenvalue weighted by Gasteiger charge is -2.19. The fourth-order valence-corrected chi connectivity index (χ4v) is 15.8. The van der Waals surface area contributed by atoms with Gasteiger partial charge in [0.25, 0.3) is 13.2 Å². The van der Waals surface area contributed by atoms with E-state index in [2.05, 4.69) is 13.8 Å². The molecule has 12 heterocycles. The van der Waals surface area contributed by atoms with Gasteiger partial charge in [-0.2, -0.15) is 0 Å². The summed E-state index contributed by atoms with van der Waals surface area (Å²) in [6.07, 6.45) is 0. The van der Waals surface area contributed by atoms with E-state index in [9.17, 15) is 0 Å². The van der Waals surface area contributed by atoms with Gasteiger partial charge in [0, 0.05) is 9.75 Å². The predicted octanol–water partition coefficient (Wildman–Crippen LogP) is 7.51. The van der Waals surface area contributed by atoms with E-state index in [1.807, 2.05) is 0 Å². The molecule has 8 aliphatic heterocycles. The third-order valence-electron chi connectivity index (χ3n) is 10.1. The maximum atomic E-state index is 6.52. The SMILES string of the molecule is Cc1sc(-c2sc(C3=C4OCC[O+]=C4C(C4SC(c5sc(-c6sc(C)c7c6OCCO7)c6c5OCCO6)=C5OCC[O+]=C54)S3)c3c2OCCO3)c2c1OCCO2. The number of ether oxygens (including phenoxy) is 10. The van der Waals surface area contributed by atoms with E-state index in [1.165, 1.54) is 0 Å². The summed E-state index contributed by atoms with van der Waals surface area (Å²) in [4.78, 5) is 9.85. The van der Waals surface area contributed by atoms with Crippen molar-refractivity contribution in [2.45, 2.75) is 24.3 Å². The molecule has 0 saturated carbocycles. The second-order valence-electron chi connectivity index (χ2n) is 13.4. The summed E-state index contributed by atoms with van der Waals surface area (Å²) >= 11 is 9.99. The normalized spacial score (nSPS) is 23.0. The van der Waals surface area contributed by atoms with Gasteiger partial charge in [0.05, 0.1) is 39.1 Å². The Balaban J connectivity index is 0.933. The van der Waals surface area contributed by atoms with Crippen LogP contribution in [0.3, 0.4) is 0 Å². The van der Waals surface area contributed by atoms with Crippen molar-refractivity contribution < 1.29 is 56.2 Å². The van der Waals surface area contributed by atoms with E-state index in [0.29, 0.717) is 79.3 Å². The van der Waals surface area contributed by atoms with Crippen molar-refractivity contribution in [2.75, 3.05) is 79.3 Å². The molecule has 0 aliphatic carbocycles. The summed E-state index contributed by atoms with van der Waals surface area (Å²) in [5.74, 6) is 9.10. The molecule has 18 heteroatoms. The van der Waals surface area contributed by atoms with Crippen molar-refractivity contribution in [1.29, 1.82) is 0 Å². The molecule has 2 unspecified atom stereocenters. The molecule has 0 aromatic carbocycles. The fourth-order valence-electron chi connectivity index (χ4n) is 7.81. The molecule has 0 radical (unpaired) electrons. The number of hydrogen-bond donors (Lipinski definition) is 0. The Bertz CT molecular complexity index is 2290. The maximum Gasteiger partial charge on any atom is 0.377 e. The molecule has 2 atom stereocenters. The Kier molecular flexibility index (Phi) is 8.25.